The first kappa shape index (κ1) is 9.32. The van der Waals surface area contributed by atoms with Crippen LogP contribution in [0.25, 0.3) is 6.08 Å². The Labute approximate surface area is 77.0 Å². The molecule has 3 nitrogen and oxygen atoms in total. The standard InChI is InChI=1S/C10H11NO2/c1-3-8-6-9(13-2)4-5-10(8)11-7-12/h3-7H,1H2,2H3,(H,11,12). The number of benzene rings is 1. The maximum atomic E-state index is 10.2. The third-order valence-electron chi connectivity index (χ3n) is 1.69. The molecule has 0 radical (unpaired) electrons. The van der Waals surface area contributed by atoms with Gasteiger partial charge in [-0.05, 0) is 18.2 Å². The molecule has 0 heterocycles. The zero-order chi connectivity index (χ0) is 9.68. The van der Waals surface area contributed by atoms with Crippen LogP contribution in [0.5, 0.6) is 5.75 Å². The Morgan fingerprint density at radius 2 is 2.31 bits per heavy atom. The smallest absolute Gasteiger partial charge is 0.211 e. The van der Waals surface area contributed by atoms with E-state index in [1.807, 2.05) is 0 Å². The summed E-state index contributed by atoms with van der Waals surface area (Å²) in [5.74, 6) is 0.742. The average Bonchev–Trinajstić information content (AvgIpc) is 2.19. The molecule has 0 aliphatic rings. The monoisotopic (exact) mass is 177 g/mol. The Bertz CT molecular complexity index is 321. The van der Waals surface area contributed by atoms with Gasteiger partial charge in [0.1, 0.15) is 5.75 Å². The van der Waals surface area contributed by atoms with Crippen LogP contribution >= 0.6 is 0 Å². The van der Waals surface area contributed by atoms with Gasteiger partial charge in [-0.1, -0.05) is 12.7 Å². The van der Waals surface area contributed by atoms with Gasteiger partial charge in [-0.3, -0.25) is 4.79 Å². The number of carbonyl (C=O) groups excluding carboxylic acids is 1. The van der Waals surface area contributed by atoms with Gasteiger partial charge in [-0.15, -0.1) is 0 Å². The normalized spacial score (nSPS) is 9.00. The fraction of sp³-hybridized carbons (Fsp3) is 0.100. The molecule has 0 aliphatic carbocycles. The quantitative estimate of drug-likeness (QED) is 0.713. The number of methoxy groups -OCH3 is 1. The fourth-order valence-electron chi connectivity index (χ4n) is 1.03. The summed E-state index contributed by atoms with van der Waals surface area (Å²) >= 11 is 0. The summed E-state index contributed by atoms with van der Waals surface area (Å²) in [7, 11) is 1.59. The zero-order valence-electron chi connectivity index (χ0n) is 7.41. The molecule has 0 atom stereocenters. The summed E-state index contributed by atoms with van der Waals surface area (Å²) in [4.78, 5) is 10.2. The highest BCUT2D eigenvalue weighted by atomic mass is 16.5. The van der Waals surface area contributed by atoms with Gasteiger partial charge in [0.25, 0.3) is 0 Å². The summed E-state index contributed by atoms with van der Waals surface area (Å²) in [6.45, 7) is 3.64. The second-order valence-electron chi connectivity index (χ2n) is 2.42. The lowest BCUT2D eigenvalue weighted by Gasteiger charge is -2.06. The highest BCUT2D eigenvalue weighted by Crippen LogP contribution is 2.22. The van der Waals surface area contributed by atoms with Crippen molar-refractivity contribution in [2.75, 3.05) is 12.4 Å². The number of rotatable bonds is 4. The van der Waals surface area contributed by atoms with E-state index in [0.29, 0.717) is 6.41 Å². The van der Waals surface area contributed by atoms with Crippen molar-refractivity contribution in [2.24, 2.45) is 0 Å². The lowest BCUT2D eigenvalue weighted by molar-refractivity contribution is -0.105. The van der Waals surface area contributed by atoms with Crippen LogP contribution in [-0.4, -0.2) is 13.5 Å². The molecule has 1 aromatic carbocycles. The van der Waals surface area contributed by atoms with Crippen LogP contribution < -0.4 is 10.1 Å². The fourth-order valence-corrected chi connectivity index (χ4v) is 1.03. The molecule has 0 unspecified atom stereocenters. The van der Waals surface area contributed by atoms with Gasteiger partial charge >= 0.3 is 0 Å². The molecule has 0 saturated heterocycles. The van der Waals surface area contributed by atoms with Crippen LogP contribution in [0, 0.1) is 0 Å². The van der Waals surface area contributed by atoms with Gasteiger partial charge in [0.05, 0.1) is 7.11 Å². The first-order chi connectivity index (χ1) is 6.31. The van der Waals surface area contributed by atoms with Crippen LogP contribution in [0.15, 0.2) is 24.8 Å². The lowest BCUT2D eigenvalue weighted by atomic mass is 10.1. The van der Waals surface area contributed by atoms with Gasteiger partial charge < -0.3 is 10.1 Å². The minimum absolute atomic E-state index is 0.634. The van der Waals surface area contributed by atoms with E-state index < -0.39 is 0 Å². The van der Waals surface area contributed by atoms with Crippen molar-refractivity contribution in [3.8, 4) is 5.75 Å². The molecule has 0 aliphatic heterocycles. The molecule has 1 rings (SSSR count). The first-order valence-corrected chi connectivity index (χ1v) is 3.82. The Balaban J connectivity index is 3.07. The topological polar surface area (TPSA) is 38.3 Å². The number of nitrogens with one attached hydrogen (secondary N) is 1. The van der Waals surface area contributed by atoms with Crippen molar-refractivity contribution in [1.82, 2.24) is 0 Å². The predicted octanol–water partition coefficient (Wildman–Crippen LogP) is 1.91. The van der Waals surface area contributed by atoms with E-state index in [1.165, 1.54) is 0 Å². The number of carbonyl (C=O) groups is 1. The molecule has 0 aromatic heterocycles. The molecule has 1 N–H and O–H groups in total. The summed E-state index contributed by atoms with van der Waals surface area (Å²) in [5, 5.41) is 2.57. The van der Waals surface area contributed by atoms with Crippen molar-refractivity contribution in [1.29, 1.82) is 0 Å². The molecule has 1 aromatic rings. The third-order valence-corrected chi connectivity index (χ3v) is 1.69. The first-order valence-electron chi connectivity index (χ1n) is 3.82. The van der Waals surface area contributed by atoms with E-state index in [2.05, 4.69) is 11.9 Å². The van der Waals surface area contributed by atoms with Gasteiger partial charge in [-0.2, -0.15) is 0 Å². The van der Waals surface area contributed by atoms with Crippen LogP contribution in [0.3, 0.4) is 0 Å². The zero-order valence-corrected chi connectivity index (χ0v) is 7.41. The molecule has 0 spiro atoms. The minimum Gasteiger partial charge on any atom is -0.497 e. The average molecular weight is 177 g/mol. The van der Waals surface area contributed by atoms with Gasteiger partial charge in [-0.25, -0.2) is 0 Å². The molecule has 0 saturated carbocycles. The maximum absolute atomic E-state index is 10.2. The Morgan fingerprint density at radius 3 is 2.85 bits per heavy atom. The van der Waals surface area contributed by atoms with E-state index in [4.69, 9.17) is 4.74 Å². The molecule has 0 bridgehead atoms. The second kappa shape index (κ2) is 4.30. The Kier molecular flexibility index (Phi) is 3.09. The van der Waals surface area contributed by atoms with E-state index >= 15 is 0 Å². The molecule has 3 heteroatoms. The highest BCUT2D eigenvalue weighted by Gasteiger charge is 1.99. The molecular weight excluding hydrogens is 166 g/mol. The number of anilines is 1. The summed E-state index contributed by atoms with van der Waals surface area (Å²) in [5.41, 5.74) is 1.57. The second-order valence-corrected chi connectivity index (χ2v) is 2.42. The minimum atomic E-state index is 0.634. The number of hydrogen-bond acceptors (Lipinski definition) is 2. The summed E-state index contributed by atoms with van der Waals surface area (Å²) in [6.07, 6.45) is 2.29. The van der Waals surface area contributed by atoms with Crippen molar-refractivity contribution in [3.05, 3.63) is 30.3 Å². The Morgan fingerprint density at radius 1 is 1.54 bits per heavy atom. The Hall–Kier alpha value is -1.77. The predicted molar refractivity (Wildman–Crippen MR) is 52.8 cm³/mol. The summed E-state index contributed by atoms with van der Waals surface area (Å²) < 4.78 is 5.03. The molecule has 0 fully saturated rings. The number of hydrogen-bond donors (Lipinski definition) is 1. The van der Waals surface area contributed by atoms with E-state index in [9.17, 15) is 4.79 Å². The van der Waals surface area contributed by atoms with Crippen molar-refractivity contribution >= 4 is 18.2 Å². The van der Waals surface area contributed by atoms with E-state index in [-0.39, 0.29) is 0 Å². The largest absolute Gasteiger partial charge is 0.497 e. The van der Waals surface area contributed by atoms with E-state index in [1.54, 1.807) is 31.4 Å². The lowest BCUT2D eigenvalue weighted by Crippen LogP contribution is -1.96. The molecular formula is C10H11NO2. The van der Waals surface area contributed by atoms with Crippen molar-refractivity contribution < 1.29 is 9.53 Å². The molecule has 1 amide bonds. The molecule has 13 heavy (non-hydrogen) atoms. The summed E-state index contributed by atoms with van der Waals surface area (Å²) in [6, 6.07) is 5.35. The molecule has 68 valence electrons. The third kappa shape index (κ3) is 2.08. The van der Waals surface area contributed by atoms with E-state index in [0.717, 1.165) is 17.0 Å². The van der Waals surface area contributed by atoms with Crippen molar-refractivity contribution in [2.45, 2.75) is 0 Å². The van der Waals surface area contributed by atoms with Gasteiger partial charge in [0.2, 0.25) is 6.41 Å². The number of ether oxygens (including phenoxy) is 1. The SMILES string of the molecule is C=Cc1cc(OC)ccc1NC=O. The van der Waals surface area contributed by atoms with Crippen LogP contribution in [-0.2, 0) is 4.79 Å². The van der Waals surface area contributed by atoms with Gasteiger partial charge in [0, 0.05) is 11.3 Å². The maximum Gasteiger partial charge on any atom is 0.211 e. The number of amides is 1. The van der Waals surface area contributed by atoms with Crippen LogP contribution in [0.4, 0.5) is 5.69 Å². The van der Waals surface area contributed by atoms with Crippen LogP contribution in [0.1, 0.15) is 5.56 Å². The highest BCUT2D eigenvalue weighted by molar-refractivity contribution is 5.78. The van der Waals surface area contributed by atoms with Crippen molar-refractivity contribution in [3.63, 3.8) is 0 Å². The van der Waals surface area contributed by atoms with Gasteiger partial charge in [0.15, 0.2) is 0 Å². The van der Waals surface area contributed by atoms with Crippen LogP contribution in [0.2, 0.25) is 0 Å².